The van der Waals surface area contributed by atoms with E-state index in [0.717, 1.165) is 23.6 Å². The van der Waals surface area contributed by atoms with Crippen molar-refractivity contribution in [2.45, 2.75) is 44.2 Å². The normalized spacial score (nSPS) is 22.3. The minimum Gasteiger partial charge on any atom is -0.394 e. The number of hydrogen-bond donors (Lipinski definition) is 2. The van der Waals surface area contributed by atoms with Crippen LogP contribution in [-0.4, -0.2) is 55.0 Å². The SMILES string of the molecule is CCN=C/C(=C(\N)C(F)(F)F)c1c(F)cccc1[C@@H]1CN(C(=O)/C=C/[C@@H]2C[C@H](F)CN2)Cc2sc(C#N)cc21. The quantitative estimate of drug-likeness (QED) is 0.300. The van der Waals surface area contributed by atoms with Gasteiger partial charge in [0.1, 0.15) is 28.6 Å². The highest BCUT2D eigenvalue weighted by Gasteiger charge is 2.38. The monoisotopic (exact) mass is 563 g/mol. The molecule has 2 aromatic rings. The fourth-order valence-corrected chi connectivity index (χ4v) is 5.83. The number of rotatable bonds is 6. The Balaban J connectivity index is 1.81. The smallest absolute Gasteiger partial charge is 0.394 e. The van der Waals surface area contributed by atoms with Crippen LogP contribution in [0.15, 0.2) is 47.1 Å². The number of amides is 1. The first-order valence-electron chi connectivity index (χ1n) is 12.3. The van der Waals surface area contributed by atoms with Crippen LogP contribution in [0.3, 0.4) is 0 Å². The average Bonchev–Trinajstić information content (AvgIpc) is 3.52. The number of nitrogens with one attached hydrogen (secondary N) is 1. The maximum atomic E-state index is 15.4. The van der Waals surface area contributed by atoms with Gasteiger partial charge in [-0.15, -0.1) is 11.3 Å². The van der Waals surface area contributed by atoms with Crippen molar-refractivity contribution in [1.29, 1.82) is 5.26 Å². The lowest BCUT2D eigenvalue weighted by atomic mass is 9.83. The van der Waals surface area contributed by atoms with Gasteiger partial charge in [-0.3, -0.25) is 9.79 Å². The van der Waals surface area contributed by atoms with E-state index >= 15 is 4.39 Å². The van der Waals surface area contributed by atoms with E-state index in [9.17, 15) is 27.6 Å². The topological polar surface area (TPSA) is 94.5 Å². The number of benzene rings is 1. The molecule has 39 heavy (non-hydrogen) atoms. The summed E-state index contributed by atoms with van der Waals surface area (Å²) >= 11 is 1.16. The molecular weight excluding hydrogens is 537 g/mol. The summed E-state index contributed by atoms with van der Waals surface area (Å²) in [5.74, 6) is -2.07. The first kappa shape index (κ1) is 28.4. The molecule has 3 atom stereocenters. The first-order valence-corrected chi connectivity index (χ1v) is 13.1. The molecule has 12 heteroatoms. The van der Waals surface area contributed by atoms with E-state index in [1.165, 1.54) is 23.1 Å². The van der Waals surface area contributed by atoms with E-state index in [4.69, 9.17) is 5.73 Å². The molecule has 2 aliphatic heterocycles. The van der Waals surface area contributed by atoms with Gasteiger partial charge in [0, 0.05) is 59.9 Å². The number of fused-ring (bicyclic) bond motifs is 1. The van der Waals surface area contributed by atoms with Crippen LogP contribution < -0.4 is 11.1 Å². The molecule has 0 aliphatic carbocycles. The molecule has 0 radical (unpaired) electrons. The molecule has 0 saturated carbocycles. The van der Waals surface area contributed by atoms with E-state index in [-0.39, 0.29) is 49.8 Å². The van der Waals surface area contributed by atoms with Crippen molar-refractivity contribution >= 4 is 29.0 Å². The van der Waals surface area contributed by atoms with Crippen LogP contribution in [0.25, 0.3) is 5.57 Å². The summed E-state index contributed by atoms with van der Waals surface area (Å²) in [7, 11) is 0. The molecule has 0 unspecified atom stereocenters. The van der Waals surface area contributed by atoms with E-state index in [1.54, 1.807) is 19.1 Å². The molecule has 4 rings (SSSR count). The molecule has 3 heterocycles. The average molecular weight is 564 g/mol. The molecule has 0 spiro atoms. The van der Waals surface area contributed by atoms with Crippen LogP contribution in [0, 0.1) is 17.1 Å². The number of aliphatic imine (C=N–C) groups is 1. The Bertz CT molecular complexity index is 1370. The number of alkyl halides is 4. The molecule has 1 aromatic carbocycles. The predicted molar refractivity (Wildman–Crippen MR) is 139 cm³/mol. The summed E-state index contributed by atoms with van der Waals surface area (Å²) < 4.78 is 70.0. The number of halogens is 5. The van der Waals surface area contributed by atoms with Gasteiger partial charge in [0.25, 0.3) is 0 Å². The van der Waals surface area contributed by atoms with Gasteiger partial charge < -0.3 is 16.0 Å². The summed E-state index contributed by atoms with van der Waals surface area (Å²) in [4.78, 5) is 19.6. The van der Waals surface area contributed by atoms with E-state index in [2.05, 4.69) is 16.4 Å². The molecule has 206 valence electrons. The fourth-order valence-electron chi connectivity index (χ4n) is 4.80. The van der Waals surface area contributed by atoms with Gasteiger partial charge in [-0.1, -0.05) is 18.2 Å². The van der Waals surface area contributed by atoms with Crippen molar-refractivity contribution < 1.29 is 26.7 Å². The van der Waals surface area contributed by atoms with Crippen LogP contribution in [0.4, 0.5) is 22.0 Å². The molecule has 1 aromatic heterocycles. The van der Waals surface area contributed by atoms with Crippen LogP contribution in [0.2, 0.25) is 0 Å². The van der Waals surface area contributed by atoms with Crippen LogP contribution in [-0.2, 0) is 11.3 Å². The molecular formula is C27H26F5N5OS. The highest BCUT2D eigenvalue weighted by Crippen LogP contribution is 2.42. The Morgan fingerprint density at radius 3 is 2.77 bits per heavy atom. The van der Waals surface area contributed by atoms with Crippen molar-refractivity contribution in [3.63, 3.8) is 0 Å². The zero-order valence-corrected chi connectivity index (χ0v) is 21.8. The maximum absolute atomic E-state index is 15.4. The molecule has 2 aliphatic rings. The van der Waals surface area contributed by atoms with Crippen molar-refractivity contribution in [3.05, 3.63) is 74.4 Å². The van der Waals surface area contributed by atoms with E-state index in [1.807, 2.05) is 0 Å². The number of nitriles is 1. The van der Waals surface area contributed by atoms with Gasteiger partial charge in [0.15, 0.2) is 0 Å². The standard InChI is InChI=1S/C27H26F5N5OS/c1-2-35-12-20(26(34)27(30,31)32)25-18(4-3-5-22(25)29)21-13-37(14-23-19(21)9-17(10-33)39-23)24(38)7-6-16-8-15(28)11-36-16/h3-7,9,12,15-16,21,36H,2,8,11,13-14,34H2,1H3/b7-6+,26-20+,35-12?/t15-,16+,21-/m0/s1. The Hall–Kier alpha value is -3.56. The number of nitrogens with zero attached hydrogens (tertiary/aromatic N) is 3. The van der Waals surface area contributed by atoms with Gasteiger partial charge >= 0.3 is 6.18 Å². The molecule has 1 amide bonds. The summed E-state index contributed by atoms with van der Waals surface area (Å²) in [6, 6.07) is 7.31. The third kappa shape index (κ3) is 6.20. The zero-order valence-electron chi connectivity index (χ0n) is 20.9. The van der Waals surface area contributed by atoms with Crippen LogP contribution in [0.5, 0.6) is 0 Å². The van der Waals surface area contributed by atoms with Crippen molar-refractivity contribution in [1.82, 2.24) is 10.2 Å². The van der Waals surface area contributed by atoms with Gasteiger partial charge in [-0.25, -0.2) is 8.78 Å². The number of hydrogen-bond acceptors (Lipinski definition) is 6. The second kappa shape index (κ2) is 11.7. The van der Waals surface area contributed by atoms with Gasteiger partial charge in [-0.05, 0) is 36.6 Å². The van der Waals surface area contributed by atoms with Gasteiger partial charge in [-0.2, -0.15) is 18.4 Å². The molecule has 6 nitrogen and oxygen atoms in total. The number of carbonyl (C=O) groups excluding carboxylic acids is 1. The molecule has 1 saturated heterocycles. The minimum atomic E-state index is -4.94. The lowest BCUT2D eigenvalue weighted by Gasteiger charge is -2.34. The predicted octanol–water partition coefficient (Wildman–Crippen LogP) is 4.81. The Morgan fingerprint density at radius 2 is 2.13 bits per heavy atom. The van der Waals surface area contributed by atoms with Crippen molar-refractivity contribution in [3.8, 4) is 6.07 Å². The molecule has 3 N–H and O–H groups in total. The van der Waals surface area contributed by atoms with Crippen molar-refractivity contribution in [2.24, 2.45) is 10.7 Å². The summed E-state index contributed by atoms with van der Waals surface area (Å²) in [6.45, 7) is 2.15. The third-order valence-corrected chi connectivity index (χ3v) is 7.69. The number of thiophene rings is 1. The maximum Gasteiger partial charge on any atom is 0.431 e. The fraction of sp³-hybridized carbons (Fsp3) is 0.370. The molecule has 0 bridgehead atoms. The summed E-state index contributed by atoms with van der Waals surface area (Å²) in [6.07, 6.45) is -1.86. The van der Waals surface area contributed by atoms with Gasteiger partial charge in [0.2, 0.25) is 5.91 Å². The summed E-state index contributed by atoms with van der Waals surface area (Å²) in [5, 5.41) is 12.5. The second-order valence-electron chi connectivity index (χ2n) is 9.24. The van der Waals surface area contributed by atoms with Crippen molar-refractivity contribution in [2.75, 3.05) is 19.6 Å². The first-order chi connectivity index (χ1) is 18.5. The molecule has 1 fully saturated rings. The Morgan fingerprint density at radius 1 is 1.36 bits per heavy atom. The highest BCUT2D eigenvalue weighted by molar-refractivity contribution is 7.12. The number of nitrogens with two attached hydrogens (primary N) is 1. The largest absolute Gasteiger partial charge is 0.431 e. The Labute approximate surface area is 226 Å². The van der Waals surface area contributed by atoms with E-state index in [0.29, 0.717) is 15.3 Å². The Kier molecular flexibility index (Phi) is 8.51. The summed E-state index contributed by atoms with van der Waals surface area (Å²) in [5.41, 5.74) is 3.85. The van der Waals surface area contributed by atoms with Gasteiger partial charge in [0.05, 0.1) is 6.54 Å². The van der Waals surface area contributed by atoms with Crippen LogP contribution in [0.1, 0.15) is 45.7 Å². The highest BCUT2D eigenvalue weighted by atomic mass is 32.1. The third-order valence-electron chi connectivity index (χ3n) is 6.65. The van der Waals surface area contributed by atoms with E-state index < -0.39 is 41.3 Å². The zero-order chi connectivity index (χ0) is 28.3. The van der Waals surface area contributed by atoms with Crippen LogP contribution >= 0.6 is 11.3 Å². The minimum absolute atomic E-state index is 0.0161. The lowest BCUT2D eigenvalue weighted by molar-refractivity contribution is -0.127. The number of allylic oxidation sites excluding steroid dienone is 2. The second-order valence-corrected chi connectivity index (χ2v) is 10.4. The lowest BCUT2D eigenvalue weighted by Crippen LogP contribution is -2.37. The number of carbonyl (C=O) groups is 1.